The van der Waals surface area contributed by atoms with Crippen molar-refractivity contribution in [1.82, 2.24) is 24.6 Å². The van der Waals surface area contributed by atoms with E-state index in [1.807, 2.05) is 10.9 Å². The summed E-state index contributed by atoms with van der Waals surface area (Å²) in [5.74, 6) is 0.548. The van der Waals surface area contributed by atoms with Crippen molar-refractivity contribution in [3.63, 3.8) is 0 Å². The van der Waals surface area contributed by atoms with Gasteiger partial charge in [0, 0.05) is 18.9 Å². The first-order chi connectivity index (χ1) is 16.4. The molecule has 1 saturated heterocycles. The summed E-state index contributed by atoms with van der Waals surface area (Å²) in [6.07, 6.45) is 5.62. The summed E-state index contributed by atoms with van der Waals surface area (Å²) in [7, 11) is 3.71. The quantitative estimate of drug-likeness (QED) is 0.273. The minimum absolute atomic E-state index is 0.117. The molecule has 1 aliphatic rings. The predicted octanol–water partition coefficient (Wildman–Crippen LogP) is 2.87. The molecule has 12 heteroatoms. The number of methoxy groups -OCH3 is 1. The summed E-state index contributed by atoms with van der Waals surface area (Å²) in [5, 5.41) is 19.2. The predicted molar refractivity (Wildman–Crippen MR) is 127 cm³/mol. The van der Waals surface area contributed by atoms with E-state index in [0.717, 1.165) is 25.9 Å². The second kappa shape index (κ2) is 10.4. The van der Waals surface area contributed by atoms with E-state index in [-0.39, 0.29) is 23.1 Å². The Morgan fingerprint density at radius 1 is 1.21 bits per heavy atom. The van der Waals surface area contributed by atoms with Gasteiger partial charge in [-0.05, 0) is 57.2 Å². The van der Waals surface area contributed by atoms with Gasteiger partial charge in [0.05, 0.1) is 29.5 Å². The van der Waals surface area contributed by atoms with Crippen LogP contribution in [0.4, 0.5) is 23.1 Å². The molecule has 0 radical (unpaired) electrons. The van der Waals surface area contributed by atoms with Crippen molar-refractivity contribution in [2.75, 3.05) is 51.5 Å². The Labute approximate surface area is 196 Å². The molecule has 1 fully saturated rings. The number of nitrogens with zero attached hydrogens (tertiary/aromatic N) is 6. The smallest absolute Gasteiger partial charge is 0.337 e. The molecule has 0 bridgehead atoms. The number of piperidine rings is 1. The number of nitrogens with one attached hydrogen (secondary N) is 1. The van der Waals surface area contributed by atoms with Crippen LogP contribution in [0.25, 0.3) is 11.3 Å². The standard InChI is InChI=1S/C22H28N8O4/c1-28-9-7-17(8-10-28)29-14-16(13-24-29)25-22-26-19(20(30(31)32)21(23)27-22)15-3-5-18(6-4-15)34-12-11-33-2/h3-6,13-14,17H,7-12H2,1-2H3,(H3,23,25,26,27). The molecular weight excluding hydrogens is 440 g/mol. The van der Waals surface area contributed by atoms with Crippen molar-refractivity contribution in [1.29, 1.82) is 0 Å². The lowest BCUT2D eigenvalue weighted by Gasteiger charge is -2.28. The number of nitrogen functional groups attached to an aromatic ring is 1. The molecular formula is C22H28N8O4. The van der Waals surface area contributed by atoms with E-state index in [0.29, 0.717) is 36.3 Å². The summed E-state index contributed by atoms with van der Waals surface area (Å²) >= 11 is 0. The van der Waals surface area contributed by atoms with Crippen LogP contribution in [0.5, 0.6) is 5.75 Å². The van der Waals surface area contributed by atoms with Crippen LogP contribution in [0.2, 0.25) is 0 Å². The minimum Gasteiger partial charge on any atom is -0.491 e. The van der Waals surface area contributed by atoms with Crippen molar-refractivity contribution in [3.8, 4) is 17.0 Å². The molecule has 0 atom stereocenters. The van der Waals surface area contributed by atoms with Gasteiger partial charge in [-0.1, -0.05) is 0 Å². The third-order valence-electron chi connectivity index (χ3n) is 5.70. The van der Waals surface area contributed by atoms with E-state index in [4.69, 9.17) is 15.2 Å². The number of hydrogen-bond donors (Lipinski definition) is 2. The van der Waals surface area contributed by atoms with Crippen LogP contribution in [0.3, 0.4) is 0 Å². The van der Waals surface area contributed by atoms with Gasteiger partial charge in [-0.15, -0.1) is 0 Å². The summed E-state index contributed by atoms with van der Waals surface area (Å²) in [5.41, 5.74) is 6.93. The average molecular weight is 469 g/mol. The number of aromatic nitrogens is 4. The highest BCUT2D eigenvalue weighted by Crippen LogP contribution is 2.34. The van der Waals surface area contributed by atoms with Crippen molar-refractivity contribution in [3.05, 3.63) is 46.8 Å². The van der Waals surface area contributed by atoms with E-state index < -0.39 is 4.92 Å². The molecule has 0 saturated carbocycles. The molecule has 4 rings (SSSR count). The highest BCUT2D eigenvalue weighted by molar-refractivity contribution is 5.78. The van der Waals surface area contributed by atoms with Crippen LogP contribution >= 0.6 is 0 Å². The van der Waals surface area contributed by atoms with E-state index in [1.54, 1.807) is 37.6 Å². The molecule has 0 spiro atoms. The number of anilines is 3. The third-order valence-corrected chi connectivity index (χ3v) is 5.70. The molecule has 34 heavy (non-hydrogen) atoms. The van der Waals surface area contributed by atoms with Gasteiger partial charge < -0.3 is 25.4 Å². The largest absolute Gasteiger partial charge is 0.491 e. The first-order valence-electron chi connectivity index (χ1n) is 11.0. The van der Waals surface area contributed by atoms with E-state index in [9.17, 15) is 10.1 Å². The van der Waals surface area contributed by atoms with Gasteiger partial charge in [-0.25, -0.2) is 4.98 Å². The first kappa shape index (κ1) is 23.4. The van der Waals surface area contributed by atoms with E-state index in [1.165, 1.54) is 0 Å². The Morgan fingerprint density at radius 2 is 1.94 bits per heavy atom. The molecule has 12 nitrogen and oxygen atoms in total. The van der Waals surface area contributed by atoms with Gasteiger partial charge in [-0.3, -0.25) is 14.8 Å². The fourth-order valence-corrected chi connectivity index (χ4v) is 3.85. The van der Waals surface area contributed by atoms with E-state index in [2.05, 4.69) is 32.3 Å². The molecule has 1 aliphatic heterocycles. The second-order valence-electron chi connectivity index (χ2n) is 8.12. The highest BCUT2D eigenvalue weighted by atomic mass is 16.6. The van der Waals surface area contributed by atoms with E-state index >= 15 is 0 Å². The lowest BCUT2D eigenvalue weighted by molar-refractivity contribution is -0.383. The molecule has 3 heterocycles. The zero-order valence-corrected chi connectivity index (χ0v) is 19.2. The fraction of sp³-hybridized carbons (Fsp3) is 0.409. The van der Waals surface area contributed by atoms with Crippen molar-refractivity contribution in [2.45, 2.75) is 18.9 Å². The maximum absolute atomic E-state index is 11.7. The molecule has 3 N–H and O–H groups in total. The maximum atomic E-state index is 11.7. The lowest BCUT2D eigenvalue weighted by Crippen LogP contribution is -2.31. The molecule has 1 aromatic carbocycles. The van der Waals surface area contributed by atoms with Crippen molar-refractivity contribution >= 4 is 23.1 Å². The molecule has 0 unspecified atom stereocenters. The number of likely N-dealkylation sites (tertiary alicyclic amines) is 1. The molecule has 3 aromatic rings. The molecule has 0 aliphatic carbocycles. The zero-order chi connectivity index (χ0) is 24.1. The minimum atomic E-state index is -0.574. The Bertz CT molecular complexity index is 1130. The van der Waals surface area contributed by atoms with Gasteiger partial charge in [0.25, 0.3) is 0 Å². The lowest BCUT2D eigenvalue weighted by atomic mass is 10.1. The number of nitro groups is 1. The normalized spacial score (nSPS) is 14.8. The number of hydrogen-bond acceptors (Lipinski definition) is 10. The Balaban J connectivity index is 1.56. The molecule has 180 valence electrons. The van der Waals surface area contributed by atoms with Crippen molar-refractivity contribution < 1.29 is 14.4 Å². The van der Waals surface area contributed by atoms with Gasteiger partial charge in [0.2, 0.25) is 11.8 Å². The van der Waals surface area contributed by atoms with Gasteiger partial charge in [0.15, 0.2) is 5.69 Å². The Kier molecular flexibility index (Phi) is 7.18. The van der Waals surface area contributed by atoms with Crippen LogP contribution in [0, 0.1) is 10.1 Å². The number of benzene rings is 1. The Morgan fingerprint density at radius 3 is 2.62 bits per heavy atom. The van der Waals surface area contributed by atoms with Crippen LogP contribution in [-0.2, 0) is 4.74 Å². The van der Waals surface area contributed by atoms with Gasteiger partial charge >= 0.3 is 5.69 Å². The Hall–Kier alpha value is -3.77. The maximum Gasteiger partial charge on any atom is 0.337 e. The molecule has 0 amide bonds. The van der Waals surface area contributed by atoms with Crippen LogP contribution in [-0.4, -0.2) is 70.0 Å². The van der Waals surface area contributed by atoms with Gasteiger partial charge in [0.1, 0.15) is 12.4 Å². The second-order valence-corrected chi connectivity index (χ2v) is 8.12. The third kappa shape index (κ3) is 5.41. The van der Waals surface area contributed by atoms with Gasteiger partial charge in [-0.2, -0.15) is 10.1 Å². The van der Waals surface area contributed by atoms with Crippen LogP contribution in [0.15, 0.2) is 36.7 Å². The first-order valence-corrected chi connectivity index (χ1v) is 11.0. The number of rotatable bonds is 9. The number of ether oxygens (including phenoxy) is 2. The highest BCUT2D eigenvalue weighted by Gasteiger charge is 2.25. The summed E-state index contributed by atoms with van der Waals surface area (Å²) < 4.78 is 12.5. The van der Waals surface area contributed by atoms with Crippen molar-refractivity contribution in [2.24, 2.45) is 0 Å². The topological polar surface area (TPSA) is 146 Å². The summed E-state index contributed by atoms with van der Waals surface area (Å²) in [6, 6.07) is 7.14. The summed E-state index contributed by atoms with van der Waals surface area (Å²) in [6.45, 7) is 2.90. The zero-order valence-electron chi connectivity index (χ0n) is 19.2. The fourth-order valence-electron chi connectivity index (χ4n) is 3.85. The monoisotopic (exact) mass is 468 g/mol. The SMILES string of the molecule is COCCOc1ccc(-c2nc(Nc3cnn(C4CCN(C)CC4)c3)nc(N)c2[N+](=O)[O-])cc1. The number of nitrogens with two attached hydrogens (primary N) is 1. The molecule has 2 aromatic heterocycles. The van der Waals surface area contributed by atoms with Crippen LogP contribution in [0.1, 0.15) is 18.9 Å². The van der Waals surface area contributed by atoms with Crippen LogP contribution < -0.4 is 15.8 Å². The summed E-state index contributed by atoms with van der Waals surface area (Å²) in [4.78, 5) is 21.9. The average Bonchev–Trinajstić information content (AvgIpc) is 3.28.